The topological polar surface area (TPSA) is 105 Å². The molecule has 0 aromatic heterocycles. The Kier molecular flexibility index (Phi) is 6.20. The summed E-state index contributed by atoms with van der Waals surface area (Å²) in [6, 6.07) is 6.79. The second kappa shape index (κ2) is 8.20. The first kappa shape index (κ1) is 20.4. The molecule has 0 radical (unpaired) electrons. The van der Waals surface area contributed by atoms with Gasteiger partial charge in [-0.25, -0.2) is 4.79 Å². The molecule has 1 aliphatic heterocycles. The predicted molar refractivity (Wildman–Crippen MR) is 98.9 cm³/mol. The lowest BCUT2D eigenvalue weighted by molar-refractivity contribution is -0.153. The van der Waals surface area contributed by atoms with Crippen molar-refractivity contribution >= 4 is 29.5 Å². The third-order valence-electron chi connectivity index (χ3n) is 4.20. The minimum absolute atomic E-state index is 0.000357. The quantitative estimate of drug-likeness (QED) is 0.560. The lowest BCUT2D eigenvalue weighted by atomic mass is 10.1. The van der Waals surface area contributed by atoms with Crippen molar-refractivity contribution in [2.24, 2.45) is 0 Å². The first-order valence-corrected chi connectivity index (χ1v) is 8.81. The van der Waals surface area contributed by atoms with Crippen LogP contribution in [0.1, 0.15) is 39.2 Å². The van der Waals surface area contributed by atoms with Crippen LogP contribution >= 0.6 is 0 Å². The van der Waals surface area contributed by atoms with E-state index in [4.69, 9.17) is 4.74 Å². The molecule has 27 heavy (non-hydrogen) atoms. The van der Waals surface area contributed by atoms with E-state index < -0.39 is 29.6 Å². The molecule has 1 aromatic rings. The van der Waals surface area contributed by atoms with Gasteiger partial charge in [-0.15, -0.1) is 0 Å². The van der Waals surface area contributed by atoms with Crippen LogP contribution in [0.2, 0.25) is 0 Å². The summed E-state index contributed by atoms with van der Waals surface area (Å²) in [6.07, 6.45) is -0.686. The largest absolute Gasteiger partial charge is 0.453 e. The van der Waals surface area contributed by atoms with Crippen LogP contribution < -0.4 is 10.6 Å². The van der Waals surface area contributed by atoms with Crippen LogP contribution in [0, 0.1) is 6.92 Å². The molecule has 1 heterocycles. The third kappa shape index (κ3) is 5.29. The van der Waals surface area contributed by atoms with Crippen LogP contribution in [0.25, 0.3) is 0 Å². The van der Waals surface area contributed by atoms with Gasteiger partial charge < -0.3 is 15.4 Å². The SMILES string of the molecule is Cc1ccc(NC(=O)[C@H](C)OC(=O)CCCN2C(=O)NC(C)(C)C2=O)cc1. The van der Waals surface area contributed by atoms with Crippen molar-refractivity contribution in [2.75, 3.05) is 11.9 Å². The van der Waals surface area contributed by atoms with Gasteiger partial charge in [0.15, 0.2) is 6.10 Å². The van der Waals surface area contributed by atoms with Gasteiger partial charge >= 0.3 is 12.0 Å². The highest BCUT2D eigenvalue weighted by Crippen LogP contribution is 2.17. The number of rotatable bonds is 7. The van der Waals surface area contributed by atoms with Crippen LogP contribution in [0.4, 0.5) is 10.5 Å². The Hall–Kier alpha value is -2.90. The first-order valence-electron chi connectivity index (χ1n) is 8.81. The Labute approximate surface area is 158 Å². The second-order valence-electron chi connectivity index (χ2n) is 7.10. The molecule has 0 spiro atoms. The summed E-state index contributed by atoms with van der Waals surface area (Å²) in [5.41, 5.74) is 0.760. The number of imide groups is 1. The molecule has 1 fully saturated rings. The molecule has 0 saturated carbocycles. The molecule has 1 aromatic carbocycles. The number of amides is 4. The smallest absolute Gasteiger partial charge is 0.325 e. The normalized spacial score (nSPS) is 16.7. The van der Waals surface area contributed by atoms with E-state index in [0.717, 1.165) is 10.5 Å². The van der Waals surface area contributed by atoms with Crippen molar-refractivity contribution in [1.82, 2.24) is 10.2 Å². The highest BCUT2D eigenvalue weighted by atomic mass is 16.5. The molecule has 1 saturated heterocycles. The van der Waals surface area contributed by atoms with E-state index in [1.54, 1.807) is 26.0 Å². The van der Waals surface area contributed by atoms with Gasteiger partial charge in [-0.1, -0.05) is 17.7 Å². The fourth-order valence-electron chi connectivity index (χ4n) is 2.59. The fourth-order valence-corrected chi connectivity index (χ4v) is 2.59. The van der Waals surface area contributed by atoms with Gasteiger partial charge in [0.1, 0.15) is 5.54 Å². The summed E-state index contributed by atoms with van der Waals surface area (Å²) in [4.78, 5) is 48.9. The van der Waals surface area contributed by atoms with E-state index >= 15 is 0 Å². The standard InChI is InChI=1S/C19H25N3O5/c1-12-7-9-14(10-8-12)20-16(24)13(2)27-15(23)6-5-11-22-17(25)19(3,4)21-18(22)26/h7-10,13H,5-6,11H2,1-4H3,(H,20,24)(H,21,26)/t13-/m0/s1. The van der Waals surface area contributed by atoms with Crippen LogP contribution in [0.5, 0.6) is 0 Å². The van der Waals surface area contributed by atoms with Gasteiger partial charge in [0.2, 0.25) is 0 Å². The highest BCUT2D eigenvalue weighted by Gasteiger charge is 2.43. The van der Waals surface area contributed by atoms with Gasteiger partial charge in [-0.3, -0.25) is 19.3 Å². The summed E-state index contributed by atoms with van der Waals surface area (Å²) < 4.78 is 5.11. The van der Waals surface area contributed by atoms with Gasteiger partial charge in [-0.2, -0.15) is 0 Å². The summed E-state index contributed by atoms with van der Waals surface area (Å²) in [5, 5.41) is 5.25. The third-order valence-corrected chi connectivity index (χ3v) is 4.20. The number of hydrogen-bond donors (Lipinski definition) is 2. The molecule has 0 unspecified atom stereocenters. The van der Waals surface area contributed by atoms with Gasteiger partial charge in [0.25, 0.3) is 11.8 Å². The summed E-state index contributed by atoms with van der Waals surface area (Å²) in [6.45, 7) is 6.79. The van der Waals surface area contributed by atoms with Crippen LogP contribution in [0.15, 0.2) is 24.3 Å². The molecule has 2 N–H and O–H groups in total. The van der Waals surface area contributed by atoms with Gasteiger partial charge in [-0.05, 0) is 46.2 Å². The van der Waals surface area contributed by atoms with Gasteiger partial charge in [0, 0.05) is 18.7 Å². The number of carbonyl (C=O) groups excluding carboxylic acids is 4. The lowest BCUT2D eigenvalue weighted by Gasteiger charge is -2.16. The zero-order chi connectivity index (χ0) is 20.2. The molecule has 8 heteroatoms. The average Bonchev–Trinajstić information content (AvgIpc) is 2.78. The molecular weight excluding hydrogens is 350 g/mol. The van der Waals surface area contributed by atoms with E-state index in [0.29, 0.717) is 5.69 Å². The molecule has 8 nitrogen and oxygen atoms in total. The Morgan fingerprint density at radius 3 is 2.41 bits per heavy atom. The number of carbonyl (C=O) groups is 4. The molecular formula is C19H25N3O5. The maximum atomic E-state index is 12.1. The van der Waals surface area contributed by atoms with Crippen LogP contribution in [0.3, 0.4) is 0 Å². The number of aryl methyl sites for hydroxylation is 1. The number of ether oxygens (including phenoxy) is 1. The van der Waals surface area contributed by atoms with Gasteiger partial charge in [0.05, 0.1) is 0 Å². The monoisotopic (exact) mass is 375 g/mol. The van der Waals surface area contributed by atoms with Crippen LogP contribution in [-0.2, 0) is 19.1 Å². The summed E-state index contributed by atoms with van der Waals surface area (Å²) in [7, 11) is 0. The fraction of sp³-hybridized carbons (Fsp3) is 0.474. The van der Waals surface area contributed by atoms with Crippen molar-refractivity contribution in [3.8, 4) is 0 Å². The van der Waals surface area contributed by atoms with Crippen molar-refractivity contribution in [3.05, 3.63) is 29.8 Å². The molecule has 0 aliphatic carbocycles. The second-order valence-corrected chi connectivity index (χ2v) is 7.10. The molecule has 146 valence electrons. The first-order chi connectivity index (χ1) is 12.6. The number of urea groups is 1. The van der Waals surface area contributed by atoms with E-state index in [-0.39, 0.29) is 25.3 Å². The Bertz CT molecular complexity index is 742. The van der Waals surface area contributed by atoms with E-state index in [1.165, 1.54) is 6.92 Å². The molecule has 1 aliphatic rings. The van der Waals surface area contributed by atoms with Crippen molar-refractivity contribution in [2.45, 2.75) is 52.2 Å². The van der Waals surface area contributed by atoms with E-state index in [2.05, 4.69) is 10.6 Å². The average molecular weight is 375 g/mol. The Morgan fingerprint density at radius 1 is 1.22 bits per heavy atom. The molecule has 2 rings (SSSR count). The van der Waals surface area contributed by atoms with Crippen LogP contribution in [-0.4, -0.2) is 46.9 Å². The Balaban J connectivity index is 1.75. The summed E-state index contributed by atoms with van der Waals surface area (Å²) in [5.74, 6) is -1.32. The summed E-state index contributed by atoms with van der Waals surface area (Å²) >= 11 is 0. The number of nitrogens with one attached hydrogen (secondary N) is 2. The molecule has 0 bridgehead atoms. The minimum atomic E-state index is -0.950. The van der Waals surface area contributed by atoms with E-state index in [9.17, 15) is 19.2 Å². The zero-order valence-electron chi connectivity index (χ0n) is 16.0. The number of nitrogens with zero attached hydrogens (tertiary/aromatic N) is 1. The van der Waals surface area contributed by atoms with E-state index in [1.807, 2.05) is 19.1 Å². The number of benzene rings is 1. The molecule has 4 amide bonds. The lowest BCUT2D eigenvalue weighted by Crippen LogP contribution is -2.40. The maximum Gasteiger partial charge on any atom is 0.325 e. The number of esters is 1. The number of anilines is 1. The number of hydrogen-bond acceptors (Lipinski definition) is 5. The predicted octanol–water partition coefficient (Wildman–Crippen LogP) is 1.98. The highest BCUT2D eigenvalue weighted by molar-refractivity contribution is 6.06. The van der Waals surface area contributed by atoms with Crippen molar-refractivity contribution < 1.29 is 23.9 Å². The van der Waals surface area contributed by atoms with Crippen molar-refractivity contribution in [3.63, 3.8) is 0 Å². The zero-order valence-corrected chi connectivity index (χ0v) is 16.0. The maximum absolute atomic E-state index is 12.1. The molecule has 1 atom stereocenters. The minimum Gasteiger partial charge on any atom is -0.453 e. The Morgan fingerprint density at radius 2 is 1.85 bits per heavy atom. The van der Waals surface area contributed by atoms with Crippen molar-refractivity contribution in [1.29, 1.82) is 0 Å².